The molecule has 5 rings (SSSR count). The number of carbonyl (C=O) groups is 1. The zero-order valence-electron chi connectivity index (χ0n) is 17.3. The van der Waals surface area contributed by atoms with Gasteiger partial charge in [-0.1, -0.05) is 43.2 Å². The quantitative estimate of drug-likeness (QED) is 0.480. The van der Waals surface area contributed by atoms with Crippen molar-refractivity contribution in [2.45, 2.75) is 25.7 Å². The molecule has 1 aliphatic rings. The predicted molar refractivity (Wildman–Crippen MR) is 124 cm³/mol. The number of amides is 1. The zero-order chi connectivity index (χ0) is 21.0. The number of aromatic nitrogens is 3. The molecular formula is C25H25N5O. The number of aromatic amines is 1. The normalized spacial score (nSPS) is 14.4. The Morgan fingerprint density at radius 3 is 2.58 bits per heavy atom. The summed E-state index contributed by atoms with van der Waals surface area (Å²) in [4.78, 5) is 27.5. The summed E-state index contributed by atoms with van der Waals surface area (Å²) < 4.78 is 0. The van der Waals surface area contributed by atoms with Crippen molar-refractivity contribution in [2.24, 2.45) is 0 Å². The average Bonchev–Trinajstić information content (AvgIpc) is 3.05. The molecule has 156 valence electrons. The van der Waals surface area contributed by atoms with E-state index in [1.165, 1.54) is 25.7 Å². The number of nitrogens with zero attached hydrogens (tertiary/aromatic N) is 3. The largest absolute Gasteiger partial charge is 0.370 e. The van der Waals surface area contributed by atoms with Crippen LogP contribution < -0.4 is 10.2 Å². The van der Waals surface area contributed by atoms with Crippen LogP contribution in [-0.2, 0) is 0 Å². The van der Waals surface area contributed by atoms with Crippen LogP contribution in [0.1, 0.15) is 36.0 Å². The maximum atomic E-state index is 13.2. The Bertz CT molecular complexity index is 1190. The number of rotatable bonds is 4. The van der Waals surface area contributed by atoms with Crippen LogP contribution >= 0.6 is 0 Å². The molecule has 6 heteroatoms. The van der Waals surface area contributed by atoms with Crippen molar-refractivity contribution in [1.29, 1.82) is 0 Å². The van der Waals surface area contributed by atoms with Crippen molar-refractivity contribution in [3.05, 3.63) is 72.8 Å². The lowest BCUT2D eigenvalue weighted by Gasteiger charge is -2.25. The Morgan fingerprint density at radius 2 is 1.77 bits per heavy atom. The highest BCUT2D eigenvalue weighted by Crippen LogP contribution is 2.29. The first-order valence-electron chi connectivity index (χ1n) is 10.8. The summed E-state index contributed by atoms with van der Waals surface area (Å²) in [6.07, 6.45) is 11.9. The molecule has 1 aliphatic heterocycles. The van der Waals surface area contributed by atoms with E-state index in [1.54, 1.807) is 18.6 Å². The number of anilines is 2. The minimum Gasteiger partial charge on any atom is -0.370 e. The van der Waals surface area contributed by atoms with Crippen molar-refractivity contribution in [2.75, 3.05) is 23.3 Å². The molecule has 0 bridgehead atoms. The van der Waals surface area contributed by atoms with Crippen LogP contribution in [0.25, 0.3) is 22.2 Å². The van der Waals surface area contributed by atoms with Gasteiger partial charge in [0.15, 0.2) is 0 Å². The molecule has 0 atom stereocenters. The number of hydrogen-bond donors (Lipinski definition) is 2. The van der Waals surface area contributed by atoms with E-state index >= 15 is 0 Å². The van der Waals surface area contributed by atoms with E-state index in [9.17, 15) is 4.79 Å². The highest BCUT2D eigenvalue weighted by Gasteiger charge is 2.18. The molecule has 0 spiro atoms. The van der Waals surface area contributed by atoms with E-state index in [2.05, 4.69) is 25.2 Å². The molecule has 4 aromatic rings. The molecule has 0 aliphatic carbocycles. The molecule has 3 aromatic heterocycles. The molecule has 1 fully saturated rings. The summed E-state index contributed by atoms with van der Waals surface area (Å²) in [5, 5.41) is 3.90. The molecular weight excluding hydrogens is 386 g/mol. The van der Waals surface area contributed by atoms with Crippen LogP contribution in [0.2, 0.25) is 0 Å². The summed E-state index contributed by atoms with van der Waals surface area (Å²) in [5.41, 5.74) is 5.10. The Hall–Kier alpha value is -3.67. The second-order valence-corrected chi connectivity index (χ2v) is 7.94. The third-order valence-corrected chi connectivity index (χ3v) is 5.88. The lowest BCUT2D eigenvalue weighted by molar-refractivity contribution is 0.102. The number of H-pyrrole nitrogens is 1. The van der Waals surface area contributed by atoms with E-state index in [-0.39, 0.29) is 5.91 Å². The molecule has 2 N–H and O–H groups in total. The van der Waals surface area contributed by atoms with Gasteiger partial charge in [0, 0.05) is 42.6 Å². The molecule has 31 heavy (non-hydrogen) atoms. The standard InChI is InChI=1S/C25H25N5O/c31-25(29-22-17-26-11-10-23(22)30-12-6-1-2-7-13-30)21-16-28-24-20(21)14-19(15-27-24)18-8-4-3-5-9-18/h3-5,8-11,14-17H,1-2,6-7,12-13H2,(H,27,28)(H,29,31). The van der Waals surface area contributed by atoms with Gasteiger partial charge in [-0.25, -0.2) is 4.98 Å². The molecule has 0 radical (unpaired) electrons. The van der Waals surface area contributed by atoms with Crippen LogP contribution in [-0.4, -0.2) is 33.9 Å². The number of pyridine rings is 2. The minimum absolute atomic E-state index is 0.165. The second-order valence-electron chi connectivity index (χ2n) is 7.94. The number of nitrogens with one attached hydrogen (secondary N) is 2. The third kappa shape index (κ3) is 4.01. The van der Waals surface area contributed by atoms with E-state index in [4.69, 9.17) is 0 Å². The summed E-state index contributed by atoms with van der Waals surface area (Å²) in [6.45, 7) is 2.01. The van der Waals surface area contributed by atoms with Crippen LogP contribution in [0, 0.1) is 0 Å². The average molecular weight is 412 g/mol. The number of carbonyl (C=O) groups excluding carboxylic acids is 1. The smallest absolute Gasteiger partial charge is 0.257 e. The lowest BCUT2D eigenvalue weighted by atomic mass is 10.1. The first-order valence-corrected chi connectivity index (χ1v) is 10.8. The third-order valence-electron chi connectivity index (χ3n) is 5.88. The minimum atomic E-state index is -0.165. The maximum absolute atomic E-state index is 13.2. The summed E-state index contributed by atoms with van der Waals surface area (Å²) in [7, 11) is 0. The van der Waals surface area contributed by atoms with Gasteiger partial charge in [-0.2, -0.15) is 0 Å². The molecule has 1 aromatic carbocycles. The van der Waals surface area contributed by atoms with Gasteiger partial charge in [-0.05, 0) is 30.5 Å². The molecule has 6 nitrogen and oxygen atoms in total. The highest BCUT2D eigenvalue weighted by atomic mass is 16.1. The summed E-state index contributed by atoms with van der Waals surface area (Å²) >= 11 is 0. The van der Waals surface area contributed by atoms with Crippen LogP contribution in [0.4, 0.5) is 11.4 Å². The molecule has 1 saturated heterocycles. The van der Waals surface area contributed by atoms with Crippen molar-refractivity contribution in [1.82, 2.24) is 15.0 Å². The lowest BCUT2D eigenvalue weighted by Crippen LogP contribution is -2.25. The Balaban J connectivity index is 1.45. The predicted octanol–water partition coefficient (Wildman–Crippen LogP) is 5.26. The molecule has 0 unspecified atom stereocenters. The second kappa shape index (κ2) is 8.60. The van der Waals surface area contributed by atoms with Gasteiger partial charge in [0.2, 0.25) is 0 Å². The van der Waals surface area contributed by atoms with Crippen molar-refractivity contribution in [3.8, 4) is 11.1 Å². The van der Waals surface area contributed by atoms with Gasteiger partial charge < -0.3 is 15.2 Å². The fourth-order valence-corrected chi connectivity index (χ4v) is 4.24. The van der Waals surface area contributed by atoms with Crippen LogP contribution in [0.3, 0.4) is 0 Å². The van der Waals surface area contributed by atoms with Crippen LogP contribution in [0.15, 0.2) is 67.3 Å². The van der Waals surface area contributed by atoms with Crippen molar-refractivity contribution in [3.63, 3.8) is 0 Å². The number of fused-ring (bicyclic) bond motifs is 1. The van der Waals surface area contributed by atoms with Crippen molar-refractivity contribution >= 4 is 28.3 Å². The van der Waals surface area contributed by atoms with Crippen molar-refractivity contribution < 1.29 is 4.79 Å². The topological polar surface area (TPSA) is 73.9 Å². The highest BCUT2D eigenvalue weighted by molar-refractivity contribution is 6.13. The molecule has 1 amide bonds. The Labute approximate surface area is 181 Å². The molecule has 0 saturated carbocycles. The van der Waals surface area contributed by atoms with Gasteiger partial charge in [0.25, 0.3) is 5.91 Å². The van der Waals surface area contributed by atoms with Gasteiger partial charge >= 0.3 is 0 Å². The maximum Gasteiger partial charge on any atom is 0.257 e. The van der Waals surface area contributed by atoms with E-state index in [0.29, 0.717) is 11.2 Å². The van der Waals surface area contributed by atoms with E-state index < -0.39 is 0 Å². The fraction of sp³-hybridized carbons (Fsp3) is 0.240. The van der Waals surface area contributed by atoms with E-state index in [1.807, 2.05) is 48.7 Å². The van der Waals surface area contributed by atoms with Gasteiger partial charge in [0.1, 0.15) is 5.65 Å². The fourth-order valence-electron chi connectivity index (χ4n) is 4.24. The first kappa shape index (κ1) is 19.3. The van der Waals surface area contributed by atoms with Gasteiger partial charge in [-0.3, -0.25) is 9.78 Å². The van der Waals surface area contributed by atoms with E-state index in [0.717, 1.165) is 41.0 Å². The Morgan fingerprint density at radius 1 is 0.968 bits per heavy atom. The first-order chi connectivity index (χ1) is 15.3. The van der Waals surface area contributed by atoms with Gasteiger partial charge in [0.05, 0.1) is 23.1 Å². The summed E-state index contributed by atoms with van der Waals surface area (Å²) in [6, 6.07) is 14.1. The zero-order valence-corrected chi connectivity index (χ0v) is 17.3. The monoisotopic (exact) mass is 411 g/mol. The molecule has 4 heterocycles. The number of hydrogen-bond acceptors (Lipinski definition) is 4. The SMILES string of the molecule is O=C(Nc1cnccc1N1CCCCCC1)c1c[nH]c2ncc(-c3ccccc3)cc12. The Kier molecular flexibility index (Phi) is 5.35. The van der Waals surface area contributed by atoms with Gasteiger partial charge in [-0.15, -0.1) is 0 Å². The number of benzene rings is 1. The van der Waals surface area contributed by atoms with Crippen LogP contribution in [0.5, 0.6) is 0 Å². The summed E-state index contributed by atoms with van der Waals surface area (Å²) in [5.74, 6) is -0.165.